The molecule has 0 bridgehead atoms. The van der Waals surface area contributed by atoms with E-state index in [0.717, 1.165) is 0 Å². The molecule has 1 rings (SSSR count). The Balaban J connectivity index is 0.00000400. The monoisotopic (exact) mass is 404 g/mol. The maximum atomic E-state index is 11.7. The predicted molar refractivity (Wildman–Crippen MR) is 96.3 cm³/mol. The number of carbonyl (C=O) groups excluding carboxylic acids is 1. The normalized spacial score (nSPS) is 10.2. The van der Waals surface area contributed by atoms with Gasteiger partial charge in [0, 0.05) is 18.8 Å². The van der Waals surface area contributed by atoms with E-state index in [4.69, 9.17) is 5.11 Å². The van der Waals surface area contributed by atoms with Crippen molar-refractivity contribution in [3.63, 3.8) is 0 Å². The smallest absolute Gasteiger partial charge is 0.246 e. The van der Waals surface area contributed by atoms with Gasteiger partial charge in [-0.3, -0.25) is 4.79 Å². The van der Waals surface area contributed by atoms with Gasteiger partial charge < -0.3 is 21.1 Å². The Kier molecular flexibility index (Phi) is 10.0. The second-order valence-corrected chi connectivity index (χ2v) is 3.96. The lowest BCUT2D eigenvalue weighted by atomic mass is 10.3. The fraction of sp³-hybridized carbons (Fsp3) is 0.286. The molecule has 7 heteroatoms. The number of aliphatic imine (C=N–C) groups is 1. The Bertz CT molecular complexity index is 474. The highest BCUT2D eigenvalue weighted by atomic mass is 127. The van der Waals surface area contributed by atoms with E-state index in [-0.39, 0.29) is 42.2 Å². The molecule has 0 fully saturated rings. The first-order valence-corrected chi connectivity index (χ1v) is 6.37. The van der Waals surface area contributed by atoms with Crippen LogP contribution in [0.25, 0.3) is 0 Å². The van der Waals surface area contributed by atoms with Crippen molar-refractivity contribution in [1.29, 1.82) is 0 Å². The highest BCUT2D eigenvalue weighted by molar-refractivity contribution is 14.0. The fourth-order valence-corrected chi connectivity index (χ4v) is 1.41. The molecule has 0 aromatic heterocycles. The number of guanidine groups is 1. The van der Waals surface area contributed by atoms with Crippen LogP contribution in [0.1, 0.15) is 6.92 Å². The molecule has 1 aromatic carbocycles. The summed E-state index contributed by atoms with van der Waals surface area (Å²) >= 11 is 0. The van der Waals surface area contributed by atoms with Crippen LogP contribution in [0.15, 0.2) is 41.9 Å². The number of nitrogens with zero attached hydrogens (tertiary/aromatic N) is 1. The zero-order valence-electron chi connectivity index (χ0n) is 11.9. The topological polar surface area (TPSA) is 85.8 Å². The average Bonchev–Trinajstić information content (AvgIpc) is 2.44. The summed E-state index contributed by atoms with van der Waals surface area (Å²) in [4.78, 5) is 15.9. The van der Waals surface area contributed by atoms with Crippen molar-refractivity contribution in [2.75, 3.05) is 25.0 Å². The van der Waals surface area contributed by atoms with Gasteiger partial charge in [-0.25, -0.2) is 4.99 Å². The summed E-state index contributed by atoms with van der Waals surface area (Å²) in [5.74, 6) is 0.490. The van der Waals surface area contributed by atoms with Crippen LogP contribution in [0.5, 0.6) is 5.75 Å². The Morgan fingerprint density at radius 2 is 2.00 bits per heavy atom. The van der Waals surface area contributed by atoms with Crippen LogP contribution < -0.4 is 16.0 Å². The van der Waals surface area contributed by atoms with Crippen LogP contribution >= 0.6 is 24.0 Å². The number of halogens is 1. The fourth-order valence-electron chi connectivity index (χ4n) is 1.41. The molecule has 0 aliphatic rings. The van der Waals surface area contributed by atoms with E-state index < -0.39 is 0 Å². The van der Waals surface area contributed by atoms with Gasteiger partial charge in [0.2, 0.25) is 5.91 Å². The molecule has 0 atom stereocenters. The molecule has 0 unspecified atom stereocenters. The van der Waals surface area contributed by atoms with E-state index >= 15 is 0 Å². The molecule has 0 radical (unpaired) electrons. The van der Waals surface area contributed by atoms with Gasteiger partial charge in [0.25, 0.3) is 0 Å². The Labute approximate surface area is 141 Å². The minimum absolute atomic E-state index is 0. The number of nitrogens with one attached hydrogen (secondary N) is 3. The number of rotatable bonds is 6. The van der Waals surface area contributed by atoms with Crippen LogP contribution in [0.3, 0.4) is 0 Å². The third-order valence-electron chi connectivity index (χ3n) is 2.29. The van der Waals surface area contributed by atoms with Crippen molar-refractivity contribution in [3.8, 4) is 5.75 Å². The van der Waals surface area contributed by atoms with Crippen LogP contribution in [0.2, 0.25) is 0 Å². The van der Waals surface area contributed by atoms with E-state index in [0.29, 0.717) is 24.7 Å². The summed E-state index contributed by atoms with van der Waals surface area (Å²) < 4.78 is 0. The maximum absolute atomic E-state index is 11.7. The first kappa shape index (κ1) is 19.2. The molecule has 1 amide bonds. The highest BCUT2D eigenvalue weighted by Crippen LogP contribution is 2.13. The van der Waals surface area contributed by atoms with Gasteiger partial charge in [0.1, 0.15) is 12.3 Å². The van der Waals surface area contributed by atoms with Crippen LogP contribution in [0, 0.1) is 0 Å². The van der Waals surface area contributed by atoms with Gasteiger partial charge in [-0.2, -0.15) is 0 Å². The number of phenols is 1. The molecule has 1 aromatic rings. The molecule has 6 nitrogen and oxygen atoms in total. The summed E-state index contributed by atoms with van der Waals surface area (Å²) in [6, 6.07) is 6.26. The van der Waals surface area contributed by atoms with Gasteiger partial charge in [0.05, 0.1) is 0 Å². The van der Waals surface area contributed by atoms with Gasteiger partial charge in [-0.15, -0.1) is 30.6 Å². The van der Waals surface area contributed by atoms with Crippen LogP contribution in [0.4, 0.5) is 5.69 Å². The zero-order valence-corrected chi connectivity index (χ0v) is 14.3. The van der Waals surface area contributed by atoms with Crippen molar-refractivity contribution >= 4 is 41.5 Å². The van der Waals surface area contributed by atoms with E-state index in [2.05, 4.69) is 27.5 Å². The maximum Gasteiger partial charge on any atom is 0.246 e. The SMILES string of the molecule is C=CCNC(=NCC(=O)Nc1ccc(O)cc1)NCC.I. The summed E-state index contributed by atoms with van der Waals surface area (Å²) in [5, 5.41) is 17.9. The lowest BCUT2D eigenvalue weighted by molar-refractivity contribution is -0.114. The molecule has 0 heterocycles. The first-order chi connectivity index (χ1) is 9.65. The van der Waals surface area contributed by atoms with Gasteiger partial charge in [-0.1, -0.05) is 6.08 Å². The van der Waals surface area contributed by atoms with Crippen molar-refractivity contribution in [1.82, 2.24) is 10.6 Å². The average molecular weight is 404 g/mol. The first-order valence-electron chi connectivity index (χ1n) is 6.37. The summed E-state index contributed by atoms with van der Waals surface area (Å²) in [7, 11) is 0. The minimum Gasteiger partial charge on any atom is -0.508 e. The standard InChI is InChI=1S/C14H20N4O2.HI/c1-3-9-16-14(15-4-2)17-10-13(20)18-11-5-7-12(19)8-6-11;/h3,5-8,19H,1,4,9-10H2,2H3,(H,18,20)(H2,15,16,17);1H. The van der Waals surface area contributed by atoms with Crippen LogP contribution in [-0.2, 0) is 4.79 Å². The Morgan fingerprint density at radius 3 is 2.57 bits per heavy atom. The number of carbonyl (C=O) groups is 1. The quantitative estimate of drug-likeness (QED) is 0.191. The number of phenolic OH excluding ortho intramolecular Hbond substituents is 1. The van der Waals surface area contributed by atoms with Crippen molar-refractivity contribution in [2.45, 2.75) is 6.92 Å². The lowest BCUT2D eigenvalue weighted by Gasteiger charge is -2.09. The number of amides is 1. The van der Waals surface area contributed by atoms with Crippen molar-refractivity contribution in [2.24, 2.45) is 4.99 Å². The van der Waals surface area contributed by atoms with E-state index in [1.807, 2.05) is 6.92 Å². The Morgan fingerprint density at radius 1 is 1.33 bits per heavy atom. The number of hydrogen-bond donors (Lipinski definition) is 4. The number of anilines is 1. The van der Waals surface area contributed by atoms with Gasteiger partial charge >= 0.3 is 0 Å². The molecule has 0 saturated carbocycles. The molecule has 0 aliphatic heterocycles. The molecule has 0 aliphatic carbocycles. The van der Waals surface area contributed by atoms with Crippen molar-refractivity contribution < 1.29 is 9.90 Å². The molecule has 0 spiro atoms. The number of hydrogen-bond acceptors (Lipinski definition) is 3. The van der Waals surface area contributed by atoms with Crippen molar-refractivity contribution in [3.05, 3.63) is 36.9 Å². The molecular weight excluding hydrogens is 383 g/mol. The van der Waals surface area contributed by atoms with E-state index in [1.165, 1.54) is 12.1 Å². The van der Waals surface area contributed by atoms with E-state index in [9.17, 15) is 4.79 Å². The molecule has 4 N–H and O–H groups in total. The summed E-state index contributed by atoms with van der Waals surface area (Å²) in [5.41, 5.74) is 0.618. The number of aromatic hydroxyl groups is 1. The summed E-state index contributed by atoms with van der Waals surface area (Å²) in [6.45, 7) is 6.84. The lowest BCUT2D eigenvalue weighted by Crippen LogP contribution is -2.38. The zero-order chi connectivity index (χ0) is 14.8. The molecular formula is C14H21IN4O2. The third-order valence-corrected chi connectivity index (χ3v) is 2.29. The van der Waals surface area contributed by atoms with Crippen LogP contribution in [-0.4, -0.2) is 36.6 Å². The largest absolute Gasteiger partial charge is 0.508 e. The third kappa shape index (κ3) is 8.18. The molecule has 21 heavy (non-hydrogen) atoms. The van der Waals surface area contributed by atoms with Gasteiger partial charge in [0.15, 0.2) is 5.96 Å². The molecule has 116 valence electrons. The minimum atomic E-state index is -0.230. The number of benzene rings is 1. The Hall–Kier alpha value is -1.77. The second kappa shape index (κ2) is 11.0. The van der Waals surface area contributed by atoms with Gasteiger partial charge in [-0.05, 0) is 31.2 Å². The highest BCUT2D eigenvalue weighted by Gasteiger charge is 2.02. The summed E-state index contributed by atoms with van der Waals surface area (Å²) in [6.07, 6.45) is 1.71. The van der Waals surface area contributed by atoms with E-state index in [1.54, 1.807) is 18.2 Å². The molecule has 0 saturated heterocycles. The predicted octanol–water partition coefficient (Wildman–Crippen LogP) is 1.69. The second-order valence-electron chi connectivity index (χ2n) is 3.96.